The van der Waals surface area contributed by atoms with Gasteiger partial charge in [-0.25, -0.2) is 22.8 Å². The molecule has 30 heavy (non-hydrogen) atoms. The average molecular weight is 433 g/mol. The van der Waals surface area contributed by atoms with Crippen molar-refractivity contribution in [3.05, 3.63) is 47.2 Å². The van der Waals surface area contributed by atoms with Crippen molar-refractivity contribution < 1.29 is 17.5 Å². The number of ether oxygens (including phenoxy) is 1. The second-order valence-corrected chi connectivity index (χ2v) is 10.1. The molecule has 0 unspecified atom stereocenters. The number of aryl methyl sites for hydroxylation is 1. The van der Waals surface area contributed by atoms with E-state index in [-0.39, 0.29) is 23.1 Å². The van der Waals surface area contributed by atoms with Gasteiger partial charge in [-0.3, -0.25) is 0 Å². The zero-order valence-electron chi connectivity index (χ0n) is 16.8. The minimum absolute atomic E-state index is 0.00950. The maximum atomic E-state index is 13.7. The Balaban J connectivity index is 1.51. The predicted octanol–water partition coefficient (Wildman–Crippen LogP) is 2.97. The second kappa shape index (κ2) is 7.55. The fraction of sp³-hybridized carbons (Fsp3) is 0.524. The first-order chi connectivity index (χ1) is 14.4. The molecule has 0 amide bonds. The SMILES string of the molecule is Cc1nc2c(c(NC[C@H]3CCCO3)n1)[C@@H]1CC[C@@H](C2)N1S(=O)(=O)c1cccc(F)c1. The monoisotopic (exact) mass is 432 g/mol. The molecule has 0 radical (unpaired) electrons. The average Bonchev–Trinajstić information content (AvgIpc) is 3.33. The van der Waals surface area contributed by atoms with E-state index in [2.05, 4.69) is 15.3 Å². The zero-order valence-corrected chi connectivity index (χ0v) is 17.7. The molecule has 0 aliphatic carbocycles. The lowest BCUT2D eigenvalue weighted by atomic mass is 10.00. The number of nitrogens with one attached hydrogen (secondary N) is 1. The largest absolute Gasteiger partial charge is 0.376 e. The highest BCUT2D eigenvalue weighted by atomic mass is 32.2. The van der Waals surface area contributed by atoms with Crippen LogP contribution in [0.2, 0.25) is 0 Å². The Morgan fingerprint density at radius 2 is 2.13 bits per heavy atom. The number of benzene rings is 1. The summed E-state index contributed by atoms with van der Waals surface area (Å²) in [5.74, 6) is 0.806. The van der Waals surface area contributed by atoms with E-state index in [4.69, 9.17) is 4.74 Å². The van der Waals surface area contributed by atoms with Crippen LogP contribution in [0.15, 0.2) is 29.2 Å². The Hall–Kier alpha value is -2.10. The highest BCUT2D eigenvalue weighted by Gasteiger charge is 2.48. The molecule has 9 heteroatoms. The second-order valence-electron chi connectivity index (χ2n) is 8.24. The van der Waals surface area contributed by atoms with Gasteiger partial charge in [0.15, 0.2) is 0 Å². The number of aromatic nitrogens is 2. The standard InChI is InChI=1S/C21H25FN4O3S/c1-13-24-18-11-15-7-8-19(20(18)21(25-13)23-12-16-5-3-9-29-16)26(15)30(27,28)17-6-2-4-14(22)10-17/h2,4,6,10,15-16,19H,3,5,7-9,11-12H2,1H3,(H,23,24,25)/t15-,16+,19-/m0/s1. The predicted molar refractivity (Wildman–Crippen MR) is 109 cm³/mol. The molecule has 2 aromatic rings. The highest BCUT2D eigenvalue weighted by molar-refractivity contribution is 7.89. The summed E-state index contributed by atoms with van der Waals surface area (Å²) < 4.78 is 47.9. The van der Waals surface area contributed by atoms with Gasteiger partial charge in [-0.2, -0.15) is 4.31 Å². The third kappa shape index (κ3) is 3.38. The van der Waals surface area contributed by atoms with Gasteiger partial charge in [0.1, 0.15) is 17.5 Å². The van der Waals surface area contributed by atoms with Crippen LogP contribution in [0.5, 0.6) is 0 Å². The number of rotatable bonds is 5. The van der Waals surface area contributed by atoms with E-state index in [0.29, 0.717) is 31.0 Å². The van der Waals surface area contributed by atoms with Gasteiger partial charge in [0, 0.05) is 31.2 Å². The van der Waals surface area contributed by atoms with Gasteiger partial charge in [0.05, 0.1) is 22.7 Å². The molecule has 2 fully saturated rings. The van der Waals surface area contributed by atoms with Gasteiger partial charge in [0.25, 0.3) is 0 Å². The van der Waals surface area contributed by atoms with Crippen molar-refractivity contribution in [2.45, 2.75) is 62.1 Å². The van der Waals surface area contributed by atoms with Crippen LogP contribution >= 0.6 is 0 Å². The van der Waals surface area contributed by atoms with Crippen LogP contribution in [-0.4, -0.2) is 48.0 Å². The summed E-state index contributed by atoms with van der Waals surface area (Å²) in [7, 11) is -3.84. The summed E-state index contributed by atoms with van der Waals surface area (Å²) in [6.07, 6.45) is 4.19. The topological polar surface area (TPSA) is 84.4 Å². The van der Waals surface area contributed by atoms with Crippen molar-refractivity contribution in [1.82, 2.24) is 14.3 Å². The van der Waals surface area contributed by atoms with E-state index < -0.39 is 15.8 Å². The van der Waals surface area contributed by atoms with Gasteiger partial charge >= 0.3 is 0 Å². The minimum Gasteiger partial charge on any atom is -0.376 e. The first kappa shape index (κ1) is 19.8. The number of hydrogen-bond acceptors (Lipinski definition) is 6. The Morgan fingerprint density at radius 1 is 1.27 bits per heavy atom. The van der Waals surface area contributed by atoms with Crippen molar-refractivity contribution in [1.29, 1.82) is 0 Å². The lowest BCUT2D eigenvalue weighted by Gasteiger charge is -2.35. The molecule has 0 saturated carbocycles. The zero-order chi connectivity index (χ0) is 20.9. The molecule has 3 atom stereocenters. The number of sulfonamides is 1. The van der Waals surface area contributed by atoms with Gasteiger partial charge in [-0.05, 0) is 50.8 Å². The lowest BCUT2D eigenvalue weighted by Crippen LogP contribution is -2.42. The van der Waals surface area contributed by atoms with Crippen LogP contribution in [0.3, 0.4) is 0 Å². The number of nitrogens with zero attached hydrogens (tertiary/aromatic N) is 3. The van der Waals surface area contributed by atoms with E-state index in [9.17, 15) is 12.8 Å². The normalized spacial score (nSPS) is 26.0. The van der Waals surface area contributed by atoms with E-state index in [1.54, 1.807) is 4.31 Å². The molecule has 1 aromatic heterocycles. The minimum atomic E-state index is -3.84. The summed E-state index contributed by atoms with van der Waals surface area (Å²) in [6, 6.07) is 4.71. The maximum absolute atomic E-state index is 13.7. The Morgan fingerprint density at radius 3 is 2.90 bits per heavy atom. The third-order valence-electron chi connectivity index (χ3n) is 6.23. The van der Waals surface area contributed by atoms with Crippen LogP contribution in [0, 0.1) is 12.7 Å². The summed E-state index contributed by atoms with van der Waals surface area (Å²) >= 11 is 0. The molecule has 1 N–H and O–H groups in total. The number of fused-ring (bicyclic) bond motifs is 4. The molecule has 2 saturated heterocycles. The van der Waals surface area contributed by atoms with Crippen LogP contribution in [0.4, 0.5) is 10.2 Å². The maximum Gasteiger partial charge on any atom is 0.244 e. The molecule has 160 valence electrons. The van der Waals surface area contributed by atoms with Gasteiger partial charge in [-0.15, -0.1) is 0 Å². The van der Waals surface area contributed by atoms with Crippen molar-refractivity contribution >= 4 is 15.8 Å². The van der Waals surface area contributed by atoms with Crippen molar-refractivity contribution in [2.75, 3.05) is 18.5 Å². The van der Waals surface area contributed by atoms with Gasteiger partial charge in [0.2, 0.25) is 10.0 Å². The summed E-state index contributed by atoms with van der Waals surface area (Å²) in [6.45, 7) is 3.27. The molecule has 5 rings (SSSR count). The molecule has 1 aromatic carbocycles. The Labute approximate surface area is 175 Å². The van der Waals surface area contributed by atoms with Crippen LogP contribution in [0.25, 0.3) is 0 Å². The molecular weight excluding hydrogens is 407 g/mol. The van der Waals surface area contributed by atoms with Crippen LogP contribution in [0.1, 0.15) is 48.8 Å². The number of halogens is 1. The molecule has 3 aliphatic heterocycles. The number of anilines is 1. The number of hydrogen-bond donors (Lipinski definition) is 1. The smallest absolute Gasteiger partial charge is 0.244 e. The fourth-order valence-corrected chi connectivity index (χ4v) is 6.83. The summed E-state index contributed by atoms with van der Waals surface area (Å²) in [5, 5.41) is 3.40. The van der Waals surface area contributed by atoms with Crippen molar-refractivity contribution in [3.8, 4) is 0 Å². The quantitative estimate of drug-likeness (QED) is 0.782. The van der Waals surface area contributed by atoms with Crippen LogP contribution < -0.4 is 5.32 Å². The van der Waals surface area contributed by atoms with Crippen molar-refractivity contribution in [3.63, 3.8) is 0 Å². The van der Waals surface area contributed by atoms with Crippen LogP contribution in [-0.2, 0) is 21.2 Å². The molecule has 4 heterocycles. The molecular formula is C21H25FN4O3S. The van der Waals surface area contributed by atoms with E-state index >= 15 is 0 Å². The molecule has 3 aliphatic rings. The third-order valence-corrected chi connectivity index (χ3v) is 8.19. The first-order valence-electron chi connectivity index (χ1n) is 10.5. The lowest BCUT2D eigenvalue weighted by molar-refractivity contribution is 0.120. The van der Waals surface area contributed by atoms with E-state index in [1.807, 2.05) is 6.92 Å². The van der Waals surface area contributed by atoms with Crippen molar-refractivity contribution in [2.24, 2.45) is 0 Å². The highest BCUT2D eigenvalue weighted by Crippen LogP contribution is 2.48. The van der Waals surface area contributed by atoms with E-state index in [1.165, 1.54) is 18.2 Å². The summed E-state index contributed by atoms with van der Waals surface area (Å²) in [5.41, 5.74) is 1.77. The van der Waals surface area contributed by atoms with E-state index in [0.717, 1.165) is 43.2 Å². The fourth-order valence-electron chi connectivity index (χ4n) is 4.95. The Bertz CT molecular complexity index is 1070. The molecule has 2 bridgehead atoms. The summed E-state index contributed by atoms with van der Waals surface area (Å²) in [4.78, 5) is 9.23. The molecule has 0 spiro atoms. The van der Waals surface area contributed by atoms with Gasteiger partial charge < -0.3 is 10.1 Å². The first-order valence-corrected chi connectivity index (χ1v) is 11.9. The molecule has 7 nitrogen and oxygen atoms in total. The van der Waals surface area contributed by atoms with Gasteiger partial charge in [-0.1, -0.05) is 6.07 Å². The Kier molecular flexibility index (Phi) is 4.99.